The quantitative estimate of drug-likeness (QED) is 0.552. The van der Waals surface area contributed by atoms with Gasteiger partial charge in [-0.15, -0.1) is 0 Å². The number of rotatable bonds is 5. The first-order chi connectivity index (χ1) is 9.60. The van der Waals surface area contributed by atoms with Crippen molar-refractivity contribution in [1.29, 1.82) is 0 Å². The van der Waals surface area contributed by atoms with Crippen LogP contribution in [-0.4, -0.2) is 45.2 Å². The second-order valence-corrected chi connectivity index (χ2v) is 8.73. The minimum absolute atomic E-state index is 0.340. The van der Waals surface area contributed by atoms with E-state index in [1.165, 1.54) is 31.5 Å². The highest BCUT2D eigenvalue weighted by atomic mass is 32.2. The zero-order chi connectivity index (χ0) is 14.2. The van der Waals surface area contributed by atoms with E-state index in [0.717, 1.165) is 30.2 Å². The molecule has 2 heterocycles. The lowest BCUT2D eigenvalue weighted by Gasteiger charge is -2.32. The molecule has 0 spiro atoms. The van der Waals surface area contributed by atoms with Gasteiger partial charge in [0.05, 0.1) is 0 Å². The fourth-order valence-corrected chi connectivity index (χ4v) is 5.45. The van der Waals surface area contributed by atoms with E-state index in [9.17, 15) is 8.42 Å². The highest BCUT2D eigenvalue weighted by Gasteiger charge is 2.49. The van der Waals surface area contributed by atoms with Gasteiger partial charge in [0.25, 0.3) is 15.9 Å². The molecule has 2 atom stereocenters. The Hall–Kier alpha value is -0.620. The van der Waals surface area contributed by atoms with Crippen LogP contribution in [0, 0.1) is 5.92 Å². The van der Waals surface area contributed by atoms with Crippen LogP contribution in [0.2, 0.25) is 0 Å². The molecule has 0 aromatic heterocycles. The molecule has 2 fully saturated rings. The third-order valence-electron chi connectivity index (χ3n) is 5.01. The zero-order valence-electron chi connectivity index (χ0n) is 12.3. The van der Waals surface area contributed by atoms with Gasteiger partial charge in [0.2, 0.25) is 0 Å². The molecule has 0 bridgehead atoms. The number of fused-ring (bicyclic) bond motifs is 1. The van der Waals surface area contributed by atoms with E-state index in [-0.39, 0.29) is 0 Å². The number of sulfonamides is 1. The first-order valence-electron chi connectivity index (χ1n) is 8.07. The van der Waals surface area contributed by atoms with Gasteiger partial charge in [-0.05, 0) is 32.1 Å². The van der Waals surface area contributed by atoms with Crippen LogP contribution in [0.4, 0.5) is 0 Å². The number of amidine groups is 1. The maximum absolute atomic E-state index is 12.1. The molecule has 0 aromatic carbocycles. The van der Waals surface area contributed by atoms with Crippen LogP contribution in [0.5, 0.6) is 0 Å². The maximum Gasteiger partial charge on any atom is 0.295 e. The van der Waals surface area contributed by atoms with Crippen LogP contribution < -0.4 is 14.6 Å². The Morgan fingerprint density at radius 3 is 2.75 bits per heavy atom. The summed E-state index contributed by atoms with van der Waals surface area (Å²) in [7, 11) is -2.93. The van der Waals surface area contributed by atoms with Gasteiger partial charge in [-0.3, -0.25) is 10.3 Å². The lowest BCUT2D eigenvalue weighted by atomic mass is 9.92. The van der Waals surface area contributed by atoms with Gasteiger partial charge < -0.3 is 0 Å². The van der Waals surface area contributed by atoms with Crippen LogP contribution in [-0.2, 0) is 10.0 Å². The number of unbranched alkanes of at least 4 members (excludes halogenated alkanes) is 1. The molecule has 1 saturated heterocycles. The second kappa shape index (κ2) is 5.64. The minimum Gasteiger partial charge on any atom is -0.271 e. The van der Waals surface area contributed by atoms with Gasteiger partial charge in [-0.25, -0.2) is 4.31 Å². The third-order valence-corrected chi connectivity index (χ3v) is 7.05. The molecule has 20 heavy (non-hydrogen) atoms. The van der Waals surface area contributed by atoms with Gasteiger partial charge in [0.15, 0.2) is 5.92 Å². The zero-order valence-corrected chi connectivity index (χ0v) is 13.1. The van der Waals surface area contributed by atoms with Crippen LogP contribution in [0.25, 0.3) is 0 Å². The lowest BCUT2D eigenvalue weighted by molar-refractivity contribution is -0.823. The largest absolute Gasteiger partial charge is 0.295 e. The first kappa shape index (κ1) is 14.3. The normalized spacial score (nSPS) is 36.8. The van der Waals surface area contributed by atoms with Crippen LogP contribution in [0.1, 0.15) is 45.4 Å². The minimum atomic E-state index is -2.93. The van der Waals surface area contributed by atoms with Gasteiger partial charge in [-0.1, -0.05) is 13.3 Å². The highest BCUT2D eigenvalue weighted by Crippen LogP contribution is 2.18. The molecule has 0 amide bonds. The molecule has 0 radical (unpaired) electrons. The highest BCUT2D eigenvalue weighted by molar-refractivity contribution is 7.85. The average molecular weight is 301 g/mol. The summed E-state index contributed by atoms with van der Waals surface area (Å²) in [5, 5.41) is 3.61. The second-order valence-electron chi connectivity index (χ2n) is 6.52. The van der Waals surface area contributed by atoms with Crippen molar-refractivity contribution in [3.63, 3.8) is 0 Å². The van der Waals surface area contributed by atoms with E-state index in [1.807, 2.05) is 6.92 Å². The Balaban J connectivity index is 1.53. The van der Waals surface area contributed by atoms with E-state index < -0.39 is 10.0 Å². The molecular weight excluding hydrogens is 274 g/mol. The molecule has 3 aliphatic rings. The molecule has 6 heteroatoms. The van der Waals surface area contributed by atoms with Crippen molar-refractivity contribution in [1.82, 2.24) is 5.32 Å². The fourth-order valence-electron chi connectivity index (χ4n) is 3.58. The van der Waals surface area contributed by atoms with Crippen LogP contribution in [0.15, 0.2) is 0 Å². The molecule has 2 unspecified atom stereocenters. The monoisotopic (exact) mass is 301 g/mol. The van der Waals surface area contributed by atoms with Crippen molar-refractivity contribution < 1.29 is 17.7 Å². The Bertz CT molecular complexity index is 483. The standard InChI is InChI=1S/C14H25N3O2S/c1-2-3-8-20(18,19)17-9-11(10-17)14-15-12-6-4-5-7-13(12)16-14/h11-13H,2-10H2,1H3,(H,15,16)/p+2. The van der Waals surface area contributed by atoms with Crippen molar-refractivity contribution in [3.05, 3.63) is 0 Å². The van der Waals surface area contributed by atoms with Gasteiger partial charge in [0.1, 0.15) is 30.9 Å². The molecule has 0 aromatic rings. The molecule has 114 valence electrons. The number of nitrogens with one attached hydrogen (secondary N) is 3. The summed E-state index contributed by atoms with van der Waals surface area (Å²) in [5.74, 6) is 1.95. The molecule has 1 saturated carbocycles. The predicted octanol–water partition coefficient (Wildman–Crippen LogP) is -1.98. The summed E-state index contributed by atoms with van der Waals surface area (Å²) in [6, 6.07) is 1.17. The smallest absolute Gasteiger partial charge is 0.271 e. The Morgan fingerprint density at radius 2 is 2.05 bits per heavy atom. The van der Waals surface area contributed by atoms with Crippen molar-refractivity contribution in [3.8, 4) is 0 Å². The molecule has 3 N–H and O–H groups in total. The number of hydrogen-bond donors (Lipinski definition) is 3. The van der Waals surface area contributed by atoms with Crippen molar-refractivity contribution in [2.45, 2.75) is 57.5 Å². The first-order valence-corrected chi connectivity index (χ1v) is 9.72. The Morgan fingerprint density at radius 1 is 1.30 bits per heavy atom. The number of quaternary nitrogens is 1. The summed E-state index contributed by atoms with van der Waals surface area (Å²) < 4.78 is 25.0. The lowest BCUT2D eigenvalue weighted by Crippen LogP contribution is -3.22. The van der Waals surface area contributed by atoms with Crippen LogP contribution >= 0.6 is 0 Å². The van der Waals surface area contributed by atoms with Gasteiger partial charge >= 0.3 is 0 Å². The molecule has 5 nitrogen and oxygen atoms in total. The topological polar surface area (TPSA) is 64.6 Å². The predicted molar refractivity (Wildman–Crippen MR) is 78.0 cm³/mol. The van der Waals surface area contributed by atoms with Crippen molar-refractivity contribution in [2.24, 2.45) is 5.92 Å². The summed E-state index contributed by atoms with van der Waals surface area (Å²) in [5.41, 5.74) is 0. The Labute approximate surface area is 121 Å². The van der Waals surface area contributed by atoms with Crippen molar-refractivity contribution in [2.75, 3.05) is 18.8 Å². The Kier molecular flexibility index (Phi) is 4.04. The van der Waals surface area contributed by atoms with E-state index >= 15 is 0 Å². The van der Waals surface area contributed by atoms with Gasteiger partial charge in [-0.2, -0.15) is 8.42 Å². The molecule has 2 aliphatic heterocycles. The molecule has 1 aliphatic carbocycles. The summed E-state index contributed by atoms with van der Waals surface area (Å²) in [4.78, 5) is 3.61. The van der Waals surface area contributed by atoms with Crippen molar-refractivity contribution >= 4 is 15.9 Å². The summed E-state index contributed by atoms with van der Waals surface area (Å²) in [6.45, 7) is 3.51. The van der Waals surface area contributed by atoms with E-state index in [1.54, 1.807) is 0 Å². The number of hydrogen-bond acceptors (Lipinski definition) is 3. The van der Waals surface area contributed by atoms with E-state index in [0.29, 0.717) is 23.8 Å². The fraction of sp³-hybridized carbons (Fsp3) is 0.929. The molecular formula is C14H27N3O2S+2. The van der Waals surface area contributed by atoms with Gasteiger partial charge in [0, 0.05) is 0 Å². The summed E-state index contributed by atoms with van der Waals surface area (Å²) in [6.07, 6.45) is 6.86. The maximum atomic E-state index is 12.1. The van der Waals surface area contributed by atoms with E-state index in [4.69, 9.17) is 0 Å². The van der Waals surface area contributed by atoms with E-state index in [2.05, 4.69) is 10.3 Å². The summed E-state index contributed by atoms with van der Waals surface area (Å²) >= 11 is 0. The average Bonchev–Trinajstić information content (AvgIpc) is 2.77. The third kappa shape index (κ3) is 2.72. The molecule has 3 rings (SSSR count). The van der Waals surface area contributed by atoms with Crippen LogP contribution in [0.3, 0.4) is 0 Å². The SMILES string of the molecule is CCCCS(=O)(=O)[NH+]1CC(C2=[NH+]C3CCCCC3N2)C1.